The van der Waals surface area contributed by atoms with Gasteiger partial charge in [0, 0.05) is 0 Å². The average Bonchev–Trinajstić information content (AvgIpc) is 2.70. The van der Waals surface area contributed by atoms with Crippen LogP contribution in [-0.2, 0) is 21.7 Å². The molecule has 0 atom stereocenters. The topological polar surface area (TPSA) is 0 Å². The van der Waals surface area contributed by atoms with Crippen LogP contribution < -0.4 is 0 Å². The molecule has 3 aromatic carbocycles. The van der Waals surface area contributed by atoms with E-state index in [0.29, 0.717) is 0 Å². The molecule has 0 radical (unpaired) electrons. The molecule has 0 aliphatic carbocycles. The summed E-state index contributed by atoms with van der Waals surface area (Å²) in [7, 11) is 0. The summed E-state index contributed by atoms with van der Waals surface area (Å²) in [5.74, 6) is 0. The average molecular weight is 483 g/mol. The molecule has 0 spiro atoms. The van der Waals surface area contributed by atoms with E-state index in [1.807, 2.05) is 0 Å². The summed E-state index contributed by atoms with van der Waals surface area (Å²) in [6, 6.07) is 19.3. The Morgan fingerprint density at radius 2 is 0.583 bits per heavy atom. The maximum atomic E-state index is 2.45. The zero-order valence-corrected chi connectivity index (χ0v) is 25.6. The summed E-state index contributed by atoms with van der Waals surface area (Å²) in [4.78, 5) is 0. The molecule has 36 heavy (non-hydrogen) atoms. The zero-order valence-electron chi connectivity index (χ0n) is 25.6. The maximum absolute atomic E-state index is 2.45. The van der Waals surface area contributed by atoms with E-state index in [2.05, 4.69) is 145 Å². The van der Waals surface area contributed by atoms with Crippen molar-refractivity contribution in [2.75, 3.05) is 0 Å². The third-order valence-corrected chi connectivity index (χ3v) is 7.52. The Morgan fingerprint density at radius 3 is 0.806 bits per heavy atom. The predicted molar refractivity (Wildman–Crippen MR) is 162 cm³/mol. The molecule has 0 bridgehead atoms. The summed E-state index contributed by atoms with van der Waals surface area (Å²) in [6.45, 7) is 32.3. The van der Waals surface area contributed by atoms with E-state index in [9.17, 15) is 0 Å². The molecule has 0 heterocycles. The van der Waals surface area contributed by atoms with Crippen molar-refractivity contribution in [1.82, 2.24) is 0 Å². The Kier molecular flexibility index (Phi) is 7.21. The van der Waals surface area contributed by atoms with E-state index in [-0.39, 0.29) is 21.7 Å². The van der Waals surface area contributed by atoms with Crippen molar-refractivity contribution in [3.05, 3.63) is 81.9 Å². The van der Waals surface area contributed by atoms with Crippen LogP contribution in [0.5, 0.6) is 0 Å². The third-order valence-electron chi connectivity index (χ3n) is 7.52. The first-order valence-corrected chi connectivity index (χ1v) is 13.6. The van der Waals surface area contributed by atoms with Crippen LogP contribution in [0.25, 0.3) is 22.3 Å². The smallest absolute Gasteiger partial charge is 0.0132 e. The maximum Gasteiger partial charge on any atom is -0.0132 e. The molecule has 0 saturated carbocycles. The molecule has 0 N–H and O–H groups in total. The second-order valence-corrected chi connectivity index (χ2v) is 15.1. The van der Waals surface area contributed by atoms with Gasteiger partial charge in [-0.05, 0) is 97.2 Å². The Morgan fingerprint density at radius 1 is 0.333 bits per heavy atom. The summed E-state index contributed by atoms with van der Waals surface area (Å²) >= 11 is 0. The second-order valence-electron chi connectivity index (χ2n) is 15.1. The number of aryl methyl sites for hydroxylation is 2. The van der Waals surface area contributed by atoms with Crippen LogP contribution in [-0.4, -0.2) is 0 Å². The van der Waals surface area contributed by atoms with Crippen LogP contribution in [0, 0.1) is 13.8 Å². The van der Waals surface area contributed by atoms with Gasteiger partial charge in [-0.2, -0.15) is 0 Å². The highest BCUT2D eigenvalue weighted by molar-refractivity contribution is 5.79. The van der Waals surface area contributed by atoms with Gasteiger partial charge in [-0.3, -0.25) is 0 Å². The fraction of sp³-hybridized carbons (Fsp3) is 0.500. The minimum Gasteiger partial charge on any atom is -0.0561 e. The molecule has 0 fully saturated rings. The molecule has 0 aromatic heterocycles. The van der Waals surface area contributed by atoms with Crippen molar-refractivity contribution in [2.45, 2.75) is 119 Å². The number of hydrogen-bond acceptors (Lipinski definition) is 0. The second kappa shape index (κ2) is 9.20. The van der Waals surface area contributed by atoms with Crippen molar-refractivity contribution in [2.24, 2.45) is 0 Å². The van der Waals surface area contributed by atoms with Gasteiger partial charge in [0.2, 0.25) is 0 Å². The lowest BCUT2D eigenvalue weighted by Gasteiger charge is -2.27. The lowest BCUT2D eigenvalue weighted by atomic mass is 9.77. The van der Waals surface area contributed by atoms with Gasteiger partial charge in [0.1, 0.15) is 0 Å². The number of rotatable bonds is 2. The van der Waals surface area contributed by atoms with E-state index >= 15 is 0 Å². The highest BCUT2D eigenvalue weighted by Crippen LogP contribution is 2.39. The summed E-state index contributed by atoms with van der Waals surface area (Å²) < 4.78 is 0. The largest absolute Gasteiger partial charge is 0.0561 e. The molecular weight excluding hydrogens is 432 g/mol. The lowest BCUT2D eigenvalue weighted by Crippen LogP contribution is -2.16. The first-order chi connectivity index (χ1) is 16.2. The zero-order chi connectivity index (χ0) is 27.4. The molecule has 3 aromatic rings. The van der Waals surface area contributed by atoms with Gasteiger partial charge < -0.3 is 0 Å². The molecular formula is C36H50. The lowest BCUT2D eigenvalue weighted by molar-refractivity contribution is 0.568. The third kappa shape index (κ3) is 6.13. The predicted octanol–water partition coefficient (Wildman–Crippen LogP) is 10.8. The fourth-order valence-corrected chi connectivity index (χ4v) is 4.77. The Balaban J connectivity index is 2.33. The Hall–Kier alpha value is -2.34. The van der Waals surface area contributed by atoms with E-state index in [4.69, 9.17) is 0 Å². The standard InChI is InChI=1S/C36H50/c1-23-15-24(2)32(26-18-29(35(9,10)11)21-30(19-26)36(12,13)14)22-31(23)25-16-27(33(3,4)5)20-28(17-25)34(6,7)8/h15-22H,1-14H3. The van der Waals surface area contributed by atoms with Gasteiger partial charge >= 0.3 is 0 Å². The molecule has 0 aliphatic heterocycles. The van der Waals surface area contributed by atoms with E-state index in [1.54, 1.807) is 0 Å². The van der Waals surface area contributed by atoms with Crippen LogP contribution in [0.3, 0.4) is 0 Å². The molecule has 194 valence electrons. The van der Waals surface area contributed by atoms with Gasteiger partial charge in [-0.1, -0.05) is 126 Å². The van der Waals surface area contributed by atoms with Gasteiger partial charge in [0.25, 0.3) is 0 Å². The highest BCUT2D eigenvalue weighted by Gasteiger charge is 2.24. The number of hydrogen-bond donors (Lipinski definition) is 0. The van der Waals surface area contributed by atoms with Gasteiger partial charge in [-0.25, -0.2) is 0 Å². The van der Waals surface area contributed by atoms with E-state index in [1.165, 1.54) is 55.6 Å². The van der Waals surface area contributed by atoms with Gasteiger partial charge in [-0.15, -0.1) is 0 Å². The van der Waals surface area contributed by atoms with Crippen molar-refractivity contribution >= 4 is 0 Å². The van der Waals surface area contributed by atoms with Crippen LogP contribution in [0.4, 0.5) is 0 Å². The SMILES string of the molecule is Cc1cc(C)c(-c2cc(C(C)(C)C)cc(C(C)(C)C)c2)cc1-c1cc(C(C)(C)C)cc(C(C)(C)C)c1. The molecule has 0 amide bonds. The molecule has 0 unspecified atom stereocenters. The van der Waals surface area contributed by atoms with Crippen LogP contribution in [0.1, 0.15) is 116 Å². The van der Waals surface area contributed by atoms with Crippen molar-refractivity contribution < 1.29 is 0 Å². The van der Waals surface area contributed by atoms with Crippen LogP contribution in [0.15, 0.2) is 48.5 Å². The van der Waals surface area contributed by atoms with Crippen LogP contribution in [0.2, 0.25) is 0 Å². The Bertz CT molecular complexity index is 1090. The van der Waals surface area contributed by atoms with Crippen molar-refractivity contribution in [3.8, 4) is 22.3 Å². The molecule has 0 saturated heterocycles. The summed E-state index contributed by atoms with van der Waals surface area (Å²) in [5, 5.41) is 0. The van der Waals surface area contributed by atoms with Crippen molar-refractivity contribution in [3.63, 3.8) is 0 Å². The first-order valence-electron chi connectivity index (χ1n) is 13.6. The minimum atomic E-state index is 0.0973. The molecule has 0 heteroatoms. The van der Waals surface area contributed by atoms with Crippen molar-refractivity contribution in [1.29, 1.82) is 0 Å². The van der Waals surface area contributed by atoms with Gasteiger partial charge in [0.15, 0.2) is 0 Å². The van der Waals surface area contributed by atoms with E-state index in [0.717, 1.165) is 0 Å². The normalized spacial score (nSPS) is 13.3. The molecule has 0 nitrogen and oxygen atoms in total. The molecule has 3 rings (SSSR count). The Labute approximate surface area is 222 Å². The van der Waals surface area contributed by atoms with Crippen LogP contribution >= 0.6 is 0 Å². The van der Waals surface area contributed by atoms with Gasteiger partial charge in [0.05, 0.1) is 0 Å². The first kappa shape index (κ1) is 28.2. The quantitative estimate of drug-likeness (QED) is 0.341. The fourth-order valence-electron chi connectivity index (χ4n) is 4.77. The number of benzene rings is 3. The highest BCUT2D eigenvalue weighted by atomic mass is 14.3. The summed E-state index contributed by atoms with van der Waals surface area (Å²) in [5.41, 5.74) is 14.0. The van der Waals surface area contributed by atoms with E-state index < -0.39 is 0 Å². The molecule has 0 aliphatic rings. The minimum absolute atomic E-state index is 0.0973. The monoisotopic (exact) mass is 482 g/mol. The summed E-state index contributed by atoms with van der Waals surface area (Å²) in [6.07, 6.45) is 0.